The van der Waals surface area contributed by atoms with Gasteiger partial charge in [-0.3, -0.25) is 4.79 Å². The van der Waals surface area contributed by atoms with Gasteiger partial charge in [-0.25, -0.2) is 4.39 Å². The smallest absolute Gasteiger partial charge is 0.190 e. The molecule has 4 heteroatoms. The number of rotatable bonds is 4. The number of anilines is 1. The van der Waals surface area contributed by atoms with Crippen LogP contribution in [-0.4, -0.2) is 36.9 Å². The third-order valence-corrected chi connectivity index (χ3v) is 4.61. The molecule has 3 nitrogen and oxygen atoms in total. The normalized spacial score (nSPS) is 15.4. The maximum Gasteiger partial charge on any atom is 0.190 e. The number of allylic oxidation sites excluding steroid dienone is 1. The van der Waals surface area contributed by atoms with Crippen molar-refractivity contribution in [2.45, 2.75) is 13.8 Å². The number of ketones is 1. The van der Waals surface area contributed by atoms with E-state index in [1.807, 2.05) is 13.1 Å². The quantitative estimate of drug-likeness (QED) is 0.621. The number of para-hydroxylation sites is 1. The summed E-state index contributed by atoms with van der Waals surface area (Å²) in [5, 5.41) is 0. The Morgan fingerprint density at radius 2 is 1.64 bits per heavy atom. The third-order valence-electron chi connectivity index (χ3n) is 4.61. The van der Waals surface area contributed by atoms with Gasteiger partial charge in [-0.2, -0.15) is 0 Å². The molecule has 1 aliphatic rings. The number of hydrogen-bond acceptors (Lipinski definition) is 3. The van der Waals surface area contributed by atoms with Crippen LogP contribution in [0.4, 0.5) is 10.1 Å². The Hall–Kier alpha value is -2.62. The summed E-state index contributed by atoms with van der Waals surface area (Å²) in [4.78, 5) is 17.0. The zero-order chi connectivity index (χ0) is 17.8. The number of hydrogen-bond donors (Lipinski definition) is 0. The van der Waals surface area contributed by atoms with Gasteiger partial charge in [0.05, 0.1) is 0 Å². The molecular weight excluding hydrogens is 315 g/mol. The summed E-state index contributed by atoms with van der Waals surface area (Å²) in [6, 6.07) is 14.1. The van der Waals surface area contributed by atoms with E-state index in [4.69, 9.17) is 0 Å². The summed E-state index contributed by atoms with van der Waals surface area (Å²) in [6.45, 7) is 7.57. The van der Waals surface area contributed by atoms with E-state index in [0.29, 0.717) is 11.1 Å². The van der Waals surface area contributed by atoms with Crippen molar-refractivity contribution >= 4 is 11.5 Å². The van der Waals surface area contributed by atoms with Crippen LogP contribution in [0.15, 0.2) is 60.3 Å². The van der Waals surface area contributed by atoms with E-state index in [1.165, 1.54) is 35.5 Å². The Balaban J connectivity index is 1.62. The van der Waals surface area contributed by atoms with Crippen molar-refractivity contribution in [1.29, 1.82) is 0 Å². The molecule has 1 aliphatic heterocycles. The number of Topliss-reactive ketones (excluding diaryl/α,β-unsaturated/α-hetero) is 1. The molecule has 0 saturated carbocycles. The lowest BCUT2D eigenvalue weighted by Gasteiger charge is -2.36. The van der Waals surface area contributed by atoms with Gasteiger partial charge in [0.25, 0.3) is 0 Å². The fraction of sp³-hybridized carbons (Fsp3) is 0.286. The van der Waals surface area contributed by atoms with Gasteiger partial charge in [0, 0.05) is 49.2 Å². The average molecular weight is 338 g/mol. The van der Waals surface area contributed by atoms with Crippen LogP contribution in [0.3, 0.4) is 0 Å². The van der Waals surface area contributed by atoms with Crippen LogP contribution in [0.25, 0.3) is 0 Å². The van der Waals surface area contributed by atoms with Crippen LogP contribution in [-0.2, 0) is 0 Å². The van der Waals surface area contributed by atoms with Crippen molar-refractivity contribution in [3.05, 3.63) is 77.2 Å². The van der Waals surface area contributed by atoms with E-state index in [0.717, 1.165) is 26.2 Å². The van der Waals surface area contributed by atoms with Gasteiger partial charge in [-0.05, 0) is 49.7 Å². The minimum absolute atomic E-state index is 0.0543. The highest BCUT2D eigenvalue weighted by Gasteiger charge is 2.17. The Bertz CT molecular complexity index is 775. The Morgan fingerprint density at radius 3 is 2.28 bits per heavy atom. The summed E-state index contributed by atoms with van der Waals surface area (Å²) in [5.41, 5.74) is 3.77. The van der Waals surface area contributed by atoms with Gasteiger partial charge >= 0.3 is 0 Å². The lowest BCUT2D eigenvalue weighted by atomic mass is 10.1. The molecule has 0 aliphatic carbocycles. The predicted molar refractivity (Wildman–Crippen MR) is 99.5 cm³/mol. The molecule has 2 aromatic rings. The minimum atomic E-state index is -0.328. The second-order valence-corrected chi connectivity index (χ2v) is 6.46. The van der Waals surface area contributed by atoms with Gasteiger partial charge < -0.3 is 9.80 Å². The van der Waals surface area contributed by atoms with Gasteiger partial charge in [0.2, 0.25) is 0 Å². The van der Waals surface area contributed by atoms with Gasteiger partial charge in [-0.1, -0.05) is 18.2 Å². The summed E-state index contributed by atoms with van der Waals surface area (Å²) in [5.74, 6) is -0.383. The molecule has 1 heterocycles. The maximum absolute atomic E-state index is 13.0. The second-order valence-electron chi connectivity index (χ2n) is 6.46. The van der Waals surface area contributed by atoms with Crippen LogP contribution >= 0.6 is 0 Å². The van der Waals surface area contributed by atoms with Crippen molar-refractivity contribution in [3.63, 3.8) is 0 Å². The molecule has 0 atom stereocenters. The average Bonchev–Trinajstić information content (AvgIpc) is 2.63. The molecule has 0 N–H and O–H groups in total. The Morgan fingerprint density at radius 1 is 1.00 bits per heavy atom. The fourth-order valence-electron chi connectivity index (χ4n) is 3.17. The Kier molecular flexibility index (Phi) is 5.17. The highest BCUT2D eigenvalue weighted by atomic mass is 19.1. The maximum atomic E-state index is 13.0. The molecule has 2 aromatic carbocycles. The fourth-order valence-corrected chi connectivity index (χ4v) is 3.17. The minimum Gasteiger partial charge on any atom is -0.373 e. The first-order valence-corrected chi connectivity index (χ1v) is 8.58. The molecule has 25 heavy (non-hydrogen) atoms. The van der Waals surface area contributed by atoms with Gasteiger partial charge in [-0.15, -0.1) is 0 Å². The van der Waals surface area contributed by atoms with Crippen LogP contribution in [0.2, 0.25) is 0 Å². The molecule has 0 aromatic heterocycles. The van der Waals surface area contributed by atoms with E-state index in [2.05, 4.69) is 41.0 Å². The number of carbonyl (C=O) groups excluding carboxylic acids is 1. The number of piperazine rings is 1. The lowest BCUT2D eigenvalue weighted by Crippen LogP contribution is -2.44. The molecule has 1 fully saturated rings. The molecular formula is C21H23FN2O. The van der Waals surface area contributed by atoms with E-state index in [-0.39, 0.29) is 11.6 Å². The number of nitrogens with zero attached hydrogens (tertiary/aromatic N) is 2. The highest BCUT2D eigenvalue weighted by Crippen LogP contribution is 2.21. The predicted octanol–water partition coefficient (Wildman–Crippen LogP) is 4.04. The van der Waals surface area contributed by atoms with E-state index in [1.54, 1.807) is 0 Å². The largest absolute Gasteiger partial charge is 0.373 e. The summed E-state index contributed by atoms with van der Waals surface area (Å²) in [6.07, 6.45) is 1.93. The molecule has 130 valence electrons. The van der Waals surface area contributed by atoms with Gasteiger partial charge in [0.1, 0.15) is 5.82 Å². The summed E-state index contributed by atoms with van der Waals surface area (Å²) in [7, 11) is 0. The highest BCUT2D eigenvalue weighted by molar-refractivity contribution is 6.08. The Labute approximate surface area is 148 Å². The molecule has 0 amide bonds. The van der Waals surface area contributed by atoms with E-state index in [9.17, 15) is 9.18 Å². The zero-order valence-corrected chi connectivity index (χ0v) is 14.7. The molecule has 0 unspecified atom stereocenters. The first kappa shape index (κ1) is 17.2. The van der Waals surface area contributed by atoms with Crippen LogP contribution < -0.4 is 4.90 Å². The molecule has 3 rings (SSSR count). The number of carbonyl (C=O) groups is 1. The van der Waals surface area contributed by atoms with Crippen molar-refractivity contribution in [2.24, 2.45) is 0 Å². The molecule has 1 saturated heterocycles. The second kappa shape index (κ2) is 7.51. The van der Waals surface area contributed by atoms with Crippen molar-refractivity contribution in [1.82, 2.24) is 4.90 Å². The van der Waals surface area contributed by atoms with Crippen molar-refractivity contribution < 1.29 is 9.18 Å². The third kappa shape index (κ3) is 4.08. The molecule has 0 bridgehead atoms. The zero-order valence-electron chi connectivity index (χ0n) is 14.7. The number of benzene rings is 2. The topological polar surface area (TPSA) is 23.6 Å². The van der Waals surface area contributed by atoms with E-state index < -0.39 is 0 Å². The molecule has 0 spiro atoms. The number of halogens is 1. The first-order valence-electron chi connectivity index (χ1n) is 8.58. The lowest BCUT2D eigenvalue weighted by molar-refractivity contribution is 0.103. The van der Waals surface area contributed by atoms with Crippen molar-refractivity contribution in [2.75, 3.05) is 31.1 Å². The van der Waals surface area contributed by atoms with Crippen LogP contribution in [0, 0.1) is 12.7 Å². The monoisotopic (exact) mass is 338 g/mol. The van der Waals surface area contributed by atoms with Crippen LogP contribution in [0.1, 0.15) is 22.8 Å². The van der Waals surface area contributed by atoms with Crippen molar-refractivity contribution in [3.8, 4) is 0 Å². The van der Waals surface area contributed by atoms with Gasteiger partial charge in [0.15, 0.2) is 5.78 Å². The first-order chi connectivity index (χ1) is 12.0. The standard InChI is InChI=1S/C21H23FN2O/c1-16-5-3-4-6-20(16)24-13-11-23(12-14-24)15-17(2)21(25)18-7-9-19(22)10-8-18/h3-10,15H,11-14H2,1-2H3/b17-15+. The summed E-state index contributed by atoms with van der Waals surface area (Å²) >= 11 is 0. The van der Waals surface area contributed by atoms with E-state index >= 15 is 0 Å². The molecule has 0 radical (unpaired) electrons. The SMILES string of the molecule is C/C(=C\N1CCN(c2ccccc2C)CC1)C(=O)c1ccc(F)cc1. The number of aryl methyl sites for hydroxylation is 1. The summed E-state index contributed by atoms with van der Waals surface area (Å²) < 4.78 is 13.0. The van der Waals surface area contributed by atoms with Crippen LogP contribution in [0.5, 0.6) is 0 Å².